The Kier molecular flexibility index (Phi) is 10.4. The molecule has 0 bridgehead atoms. The summed E-state index contributed by atoms with van der Waals surface area (Å²) in [5.41, 5.74) is 9.13. The van der Waals surface area contributed by atoms with Gasteiger partial charge in [0.05, 0.1) is 25.8 Å². The summed E-state index contributed by atoms with van der Waals surface area (Å²) in [5.74, 6) is 0.0953. The largest absolute Gasteiger partial charge is 0.488 e. The fraction of sp³-hybridized carbons (Fsp3) is 0.353. The topological polar surface area (TPSA) is 104 Å². The molecule has 0 aliphatic rings. The zero-order chi connectivity index (χ0) is 32.8. The summed E-state index contributed by atoms with van der Waals surface area (Å²) in [4.78, 5) is 25.7. The smallest absolute Gasteiger partial charge is 0.410 e. The summed E-state index contributed by atoms with van der Waals surface area (Å²) < 4.78 is 63.3. The van der Waals surface area contributed by atoms with Crippen LogP contribution in [-0.4, -0.2) is 41.9 Å². The van der Waals surface area contributed by atoms with Crippen LogP contribution in [-0.2, 0) is 40.4 Å². The number of rotatable bonds is 11. The van der Waals surface area contributed by atoms with Crippen molar-refractivity contribution in [3.63, 3.8) is 0 Å². The molecule has 2 N–H and O–H groups in total. The summed E-state index contributed by atoms with van der Waals surface area (Å²) in [6.45, 7) is 5.16. The van der Waals surface area contributed by atoms with Crippen LogP contribution in [0.4, 0.5) is 18.0 Å². The normalized spacial score (nSPS) is 11.8. The maximum absolute atomic E-state index is 13.6. The van der Waals surface area contributed by atoms with E-state index in [-0.39, 0.29) is 25.6 Å². The Labute approximate surface area is 259 Å². The Morgan fingerprint density at radius 3 is 2.38 bits per heavy atom. The average molecular weight is 627 g/mol. The molecule has 3 aromatic carbocycles. The van der Waals surface area contributed by atoms with Gasteiger partial charge < -0.3 is 24.4 Å². The van der Waals surface area contributed by atoms with Crippen LogP contribution in [0, 0.1) is 0 Å². The summed E-state index contributed by atoms with van der Waals surface area (Å²) in [6.07, 6.45) is -4.26. The highest BCUT2D eigenvalue weighted by atomic mass is 19.4. The number of hydrogen-bond donors (Lipinski definition) is 1. The lowest BCUT2D eigenvalue weighted by molar-refractivity contribution is -0.145. The molecule has 0 spiro atoms. The van der Waals surface area contributed by atoms with E-state index < -0.39 is 31.0 Å². The number of halogens is 3. The number of para-hydroxylation sites is 1. The maximum atomic E-state index is 13.6. The standard InChI is InChI=1S/C34H37F3N2O6/c1-5-42-30(40)16-24-10-6-7-12-29(24)43-19-27-20-44-31-26(18-39(21-34(35,36)37)32(41)45-33(2,3)4)14-25(15-28(27)31)23-11-8-9-22(13-23)17-38/h6-15,20H,5,16-19,21,38H2,1-4H3. The second-order valence-corrected chi connectivity index (χ2v) is 11.5. The van der Waals surface area contributed by atoms with Crippen LogP contribution < -0.4 is 10.5 Å². The van der Waals surface area contributed by atoms with E-state index in [0.29, 0.717) is 50.4 Å². The molecule has 0 aliphatic carbocycles. The van der Waals surface area contributed by atoms with Crippen LogP contribution in [0.1, 0.15) is 49.9 Å². The van der Waals surface area contributed by atoms with Gasteiger partial charge in [0, 0.05) is 28.6 Å². The molecular formula is C34H37F3N2O6. The van der Waals surface area contributed by atoms with Gasteiger partial charge >= 0.3 is 18.2 Å². The number of furan rings is 1. The molecule has 0 fully saturated rings. The van der Waals surface area contributed by atoms with Crippen molar-refractivity contribution in [1.29, 1.82) is 0 Å². The minimum Gasteiger partial charge on any atom is -0.488 e. The first kappa shape index (κ1) is 33.4. The lowest BCUT2D eigenvalue weighted by Gasteiger charge is -2.28. The van der Waals surface area contributed by atoms with Crippen molar-refractivity contribution in [2.45, 2.75) is 65.6 Å². The second-order valence-electron chi connectivity index (χ2n) is 11.5. The van der Waals surface area contributed by atoms with Gasteiger partial charge in [-0.15, -0.1) is 0 Å². The van der Waals surface area contributed by atoms with E-state index in [9.17, 15) is 22.8 Å². The molecule has 0 unspecified atom stereocenters. The number of hydrogen-bond acceptors (Lipinski definition) is 7. The molecule has 240 valence electrons. The Bertz CT molecular complexity index is 1640. The monoisotopic (exact) mass is 626 g/mol. The molecule has 0 saturated heterocycles. The molecule has 0 aliphatic heterocycles. The van der Waals surface area contributed by atoms with Crippen molar-refractivity contribution in [3.05, 3.63) is 89.2 Å². The van der Waals surface area contributed by atoms with E-state index in [1.807, 2.05) is 30.3 Å². The third-order valence-electron chi connectivity index (χ3n) is 6.71. The fourth-order valence-electron chi connectivity index (χ4n) is 4.78. The van der Waals surface area contributed by atoms with Crippen molar-refractivity contribution in [3.8, 4) is 16.9 Å². The number of esters is 1. The Morgan fingerprint density at radius 1 is 0.933 bits per heavy atom. The minimum atomic E-state index is -4.66. The summed E-state index contributed by atoms with van der Waals surface area (Å²) in [7, 11) is 0. The fourth-order valence-corrected chi connectivity index (χ4v) is 4.78. The van der Waals surface area contributed by atoms with Crippen LogP contribution in [0.15, 0.2) is 71.3 Å². The predicted octanol–water partition coefficient (Wildman–Crippen LogP) is 7.54. The third-order valence-corrected chi connectivity index (χ3v) is 6.71. The number of nitrogens with two attached hydrogens (primary N) is 1. The Balaban J connectivity index is 1.75. The zero-order valence-corrected chi connectivity index (χ0v) is 25.7. The first-order chi connectivity index (χ1) is 21.3. The quantitative estimate of drug-likeness (QED) is 0.172. The van der Waals surface area contributed by atoms with E-state index in [4.69, 9.17) is 24.4 Å². The first-order valence-corrected chi connectivity index (χ1v) is 14.5. The van der Waals surface area contributed by atoms with Crippen LogP contribution in [0.3, 0.4) is 0 Å². The number of carbonyl (C=O) groups excluding carboxylic acids is 2. The van der Waals surface area contributed by atoms with Gasteiger partial charge in [-0.05, 0) is 68.7 Å². The van der Waals surface area contributed by atoms with E-state index >= 15 is 0 Å². The van der Waals surface area contributed by atoms with Gasteiger partial charge in [-0.2, -0.15) is 13.2 Å². The summed E-state index contributed by atoms with van der Waals surface area (Å²) >= 11 is 0. The molecule has 1 heterocycles. The summed E-state index contributed by atoms with van der Waals surface area (Å²) in [5, 5.41) is 0.597. The molecule has 1 aromatic heterocycles. The van der Waals surface area contributed by atoms with Gasteiger partial charge in [0.2, 0.25) is 0 Å². The van der Waals surface area contributed by atoms with Gasteiger partial charge in [-0.1, -0.05) is 36.4 Å². The second kappa shape index (κ2) is 14.1. The molecule has 0 saturated carbocycles. The molecule has 0 radical (unpaired) electrons. The van der Waals surface area contributed by atoms with Crippen molar-refractivity contribution < 1.29 is 41.4 Å². The highest BCUT2D eigenvalue weighted by Crippen LogP contribution is 2.34. The van der Waals surface area contributed by atoms with Crippen LogP contribution in [0.25, 0.3) is 22.1 Å². The molecule has 1 amide bonds. The highest BCUT2D eigenvalue weighted by molar-refractivity contribution is 5.89. The minimum absolute atomic E-state index is 0.0294. The molecule has 11 heteroatoms. The molecule has 4 rings (SSSR count). The van der Waals surface area contributed by atoms with Gasteiger partial charge in [-0.3, -0.25) is 9.69 Å². The average Bonchev–Trinajstić information content (AvgIpc) is 3.38. The van der Waals surface area contributed by atoms with Crippen molar-refractivity contribution >= 4 is 23.0 Å². The van der Waals surface area contributed by atoms with Crippen molar-refractivity contribution in [2.75, 3.05) is 13.2 Å². The lowest BCUT2D eigenvalue weighted by atomic mass is 9.97. The molecule has 0 atom stereocenters. The number of ether oxygens (including phenoxy) is 3. The third kappa shape index (κ3) is 9.24. The zero-order valence-electron chi connectivity index (χ0n) is 25.7. The highest BCUT2D eigenvalue weighted by Gasteiger charge is 2.35. The van der Waals surface area contributed by atoms with Crippen LogP contribution in [0.2, 0.25) is 0 Å². The lowest BCUT2D eigenvalue weighted by Crippen LogP contribution is -2.41. The number of benzene rings is 3. The number of amides is 1. The summed E-state index contributed by atoms with van der Waals surface area (Å²) in [6, 6.07) is 18.1. The maximum Gasteiger partial charge on any atom is 0.410 e. The SMILES string of the molecule is CCOC(=O)Cc1ccccc1OCc1coc2c(CN(CC(F)(F)F)C(=O)OC(C)(C)C)cc(-c3cccc(CN)c3)cc12. The number of carbonyl (C=O) groups is 2. The molecule has 4 aromatic rings. The van der Waals surface area contributed by atoms with Crippen molar-refractivity contribution in [1.82, 2.24) is 4.90 Å². The Morgan fingerprint density at radius 2 is 1.69 bits per heavy atom. The number of fused-ring (bicyclic) bond motifs is 1. The molecule has 8 nitrogen and oxygen atoms in total. The first-order valence-electron chi connectivity index (χ1n) is 14.5. The van der Waals surface area contributed by atoms with Gasteiger partial charge in [0.15, 0.2) is 0 Å². The molecule has 45 heavy (non-hydrogen) atoms. The number of nitrogens with zero attached hydrogens (tertiary/aromatic N) is 1. The molecular weight excluding hydrogens is 589 g/mol. The van der Waals surface area contributed by atoms with Crippen LogP contribution in [0.5, 0.6) is 5.75 Å². The van der Waals surface area contributed by atoms with Gasteiger partial charge in [0.1, 0.15) is 30.1 Å². The van der Waals surface area contributed by atoms with E-state index in [2.05, 4.69) is 0 Å². The number of alkyl halides is 3. The van der Waals surface area contributed by atoms with E-state index in [0.717, 1.165) is 11.1 Å². The Hall–Kier alpha value is -4.51. The van der Waals surface area contributed by atoms with Crippen molar-refractivity contribution in [2.24, 2.45) is 5.73 Å². The van der Waals surface area contributed by atoms with E-state index in [1.165, 1.54) is 6.26 Å². The van der Waals surface area contributed by atoms with Gasteiger partial charge in [0.25, 0.3) is 0 Å². The van der Waals surface area contributed by atoms with E-state index in [1.54, 1.807) is 58.0 Å². The van der Waals surface area contributed by atoms with Crippen LogP contribution >= 0.6 is 0 Å². The van der Waals surface area contributed by atoms with Gasteiger partial charge in [-0.25, -0.2) is 4.79 Å². The predicted molar refractivity (Wildman–Crippen MR) is 163 cm³/mol.